The fraction of sp³-hybridized carbons (Fsp3) is 0.111. The zero-order valence-corrected chi connectivity index (χ0v) is 14.0. The molecule has 0 bridgehead atoms. The van der Waals surface area contributed by atoms with Crippen LogP contribution in [-0.2, 0) is 4.84 Å². The van der Waals surface area contributed by atoms with Crippen molar-refractivity contribution in [2.45, 2.75) is 12.5 Å². The monoisotopic (exact) mass is 391 g/mol. The molecule has 1 aliphatic rings. The summed E-state index contributed by atoms with van der Waals surface area (Å²) in [7, 11) is 0. The van der Waals surface area contributed by atoms with Crippen LogP contribution in [-0.4, -0.2) is 16.6 Å². The van der Waals surface area contributed by atoms with Crippen LogP contribution in [0.5, 0.6) is 11.5 Å². The average molecular weight is 391 g/mol. The van der Waals surface area contributed by atoms with Crippen LogP contribution in [0.15, 0.2) is 71.3 Å². The Balaban J connectivity index is 1.40. The van der Waals surface area contributed by atoms with Gasteiger partial charge >= 0.3 is 6.36 Å². The molecule has 1 unspecified atom stereocenters. The number of hydroxylamine groups is 1. The minimum Gasteiger partial charge on any atom is -0.439 e. The van der Waals surface area contributed by atoms with Gasteiger partial charge in [0.15, 0.2) is 0 Å². The summed E-state index contributed by atoms with van der Waals surface area (Å²) in [6.45, 7) is 0. The van der Waals surface area contributed by atoms with E-state index in [1.54, 1.807) is 30.3 Å². The number of hydrogen-bond acceptors (Lipinski definition) is 7. The number of alkyl halides is 3. The van der Waals surface area contributed by atoms with E-state index in [0.717, 1.165) is 5.56 Å². The first-order valence-corrected chi connectivity index (χ1v) is 8.00. The maximum atomic E-state index is 12.2. The van der Waals surface area contributed by atoms with E-state index >= 15 is 0 Å². The number of benzene rings is 2. The molecule has 0 saturated carbocycles. The third-order valence-corrected chi connectivity index (χ3v) is 3.72. The SMILES string of the molecule is FC(F)(F)Oc1ccc(C2C=C(Oc3ccc(-c4nnco4)cc3)NO2)cc1. The fourth-order valence-corrected chi connectivity index (χ4v) is 2.50. The normalized spacial score (nSPS) is 16.4. The van der Waals surface area contributed by atoms with Gasteiger partial charge in [0, 0.05) is 11.6 Å². The maximum Gasteiger partial charge on any atom is 0.573 e. The van der Waals surface area contributed by atoms with Crippen LogP contribution >= 0.6 is 0 Å². The van der Waals surface area contributed by atoms with Crippen LogP contribution in [0.1, 0.15) is 11.7 Å². The topological polar surface area (TPSA) is 78.6 Å². The van der Waals surface area contributed by atoms with Crippen LogP contribution in [0.25, 0.3) is 11.5 Å². The van der Waals surface area contributed by atoms with E-state index in [9.17, 15) is 13.2 Å². The molecule has 0 amide bonds. The highest BCUT2D eigenvalue weighted by molar-refractivity contribution is 5.53. The smallest absolute Gasteiger partial charge is 0.439 e. The largest absolute Gasteiger partial charge is 0.573 e. The van der Waals surface area contributed by atoms with Crippen LogP contribution < -0.4 is 15.0 Å². The first-order chi connectivity index (χ1) is 13.5. The summed E-state index contributed by atoms with van der Waals surface area (Å²) < 4.78 is 51.3. The lowest BCUT2D eigenvalue weighted by Crippen LogP contribution is -2.17. The summed E-state index contributed by atoms with van der Waals surface area (Å²) in [5.41, 5.74) is 4.01. The van der Waals surface area contributed by atoms with Gasteiger partial charge in [0.05, 0.1) is 0 Å². The summed E-state index contributed by atoms with van der Waals surface area (Å²) in [5.74, 6) is 0.987. The van der Waals surface area contributed by atoms with E-state index in [-0.39, 0.29) is 5.75 Å². The van der Waals surface area contributed by atoms with Gasteiger partial charge in [-0.05, 0) is 42.0 Å². The third-order valence-electron chi connectivity index (χ3n) is 3.72. The second-order valence-electron chi connectivity index (χ2n) is 5.66. The predicted molar refractivity (Wildman–Crippen MR) is 88.5 cm³/mol. The van der Waals surface area contributed by atoms with Gasteiger partial charge in [-0.3, -0.25) is 4.84 Å². The van der Waals surface area contributed by atoms with Crippen LogP contribution in [0.4, 0.5) is 13.2 Å². The van der Waals surface area contributed by atoms with E-state index in [1.807, 2.05) is 0 Å². The summed E-state index contributed by atoms with van der Waals surface area (Å²) in [4.78, 5) is 5.38. The van der Waals surface area contributed by atoms with Crippen molar-refractivity contribution in [3.63, 3.8) is 0 Å². The Labute approximate surface area is 156 Å². The molecule has 0 aliphatic carbocycles. The molecule has 4 rings (SSSR count). The highest BCUT2D eigenvalue weighted by Crippen LogP contribution is 2.29. The number of rotatable bonds is 5. The van der Waals surface area contributed by atoms with Crippen molar-refractivity contribution in [3.05, 3.63) is 72.4 Å². The Kier molecular flexibility index (Phi) is 4.62. The number of aromatic nitrogens is 2. The van der Waals surface area contributed by atoms with Crippen molar-refractivity contribution in [3.8, 4) is 23.0 Å². The quantitative estimate of drug-likeness (QED) is 0.701. The lowest BCUT2D eigenvalue weighted by atomic mass is 10.1. The zero-order valence-electron chi connectivity index (χ0n) is 14.0. The number of ether oxygens (including phenoxy) is 2. The van der Waals surface area contributed by atoms with E-state index in [4.69, 9.17) is 14.0 Å². The van der Waals surface area contributed by atoms with Gasteiger partial charge in [0.1, 0.15) is 17.6 Å². The van der Waals surface area contributed by atoms with E-state index in [1.165, 1.54) is 30.7 Å². The molecule has 2 aromatic carbocycles. The van der Waals surface area contributed by atoms with Gasteiger partial charge in [-0.15, -0.1) is 23.4 Å². The summed E-state index contributed by atoms with van der Waals surface area (Å²) >= 11 is 0. The van der Waals surface area contributed by atoms with Crippen molar-refractivity contribution >= 4 is 0 Å². The van der Waals surface area contributed by atoms with E-state index < -0.39 is 12.5 Å². The molecule has 1 atom stereocenters. The van der Waals surface area contributed by atoms with Crippen molar-refractivity contribution in [2.24, 2.45) is 0 Å². The van der Waals surface area contributed by atoms with Crippen LogP contribution in [0.2, 0.25) is 0 Å². The molecule has 0 spiro atoms. The number of nitrogens with one attached hydrogen (secondary N) is 1. The van der Waals surface area contributed by atoms with Crippen molar-refractivity contribution < 1.29 is 31.9 Å². The van der Waals surface area contributed by atoms with Crippen molar-refractivity contribution in [1.82, 2.24) is 15.7 Å². The lowest BCUT2D eigenvalue weighted by Gasteiger charge is -2.11. The highest BCUT2D eigenvalue weighted by Gasteiger charge is 2.31. The molecule has 1 N–H and O–H groups in total. The first-order valence-electron chi connectivity index (χ1n) is 8.00. The first kappa shape index (κ1) is 17.9. The van der Waals surface area contributed by atoms with Gasteiger partial charge in [-0.2, -0.15) is 0 Å². The molecule has 7 nitrogen and oxygen atoms in total. The Hall–Kier alpha value is -3.53. The Bertz CT molecular complexity index is 955. The Morgan fingerprint density at radius 3 is 2.32 bits per heavy atom. The Morgan fingerprint density at radius 1 is 0.964 bits per heavy atom. The molecular weight excluding hydrogens is 379 g/mol. The predicted octanol–water partition coefficient (Wildman–Crippen LogP) is 4.13. The van der Waals surface area contributed by atoms with E-state index in [0.29, 0.717) is 23.1 Å². The summed E-state index contributed by atoms with van der Waals surface area (Å²) in [6, 6.07) is 12.4. The number of halogens is 3. The summed E-state index contributed by atoms with van der Waals surface area (Å²) in [5, 5.41) is 7.43. The molecule has 10 heteroatoms. The fourth-order valence-electron chi connectivity index (χ4n) is 2.50. The van der Waals surface area contributed by atoms with Crippen molar-refractivity contribution in [1.29, 1.82) is 0 Å². The standard InChI is InChI=1S/C18H12F3N3O4/c19-18(20,21)27-14-7-1-11(2-8-14)15-9-16(24-28-15)26-13-5-3-12(4-6-13)17-23-22-10-25-17/h1-10,15,24H. The molecule has 0 saturated heterocycles. The molecule has 28 heavy (non-hydrogen) atoms. The van der Waals surface area contributed by atoms with Crippen LogP contribution in [0.3, 0.4) is 0 Å². The molecule has 1 aromatic heterocycles. The molecular formula is C18H12F3N3O4. The molecule has 1 aliphatic heterocycles. The van der Waals surface area contributed by atoms with Gasteiger partial charge in [0.2, 0.25) is 18.2 Å². The van der Waals surface area contributed by atoms with Gasteiger partial charge in [-0.25, -0.2) is 5.48 Å². The zero-order chi connectivity index (χ0) is 19.6. The summed E-state index contributed by atoms with van der Waals surface area (Å²) in [6.07, 6.45) is -2.35. The van der Waals surface area contributed by atoms with Gasteiger partial charge in [-0.1, -0.05) is 12.1 Å². The molecule has 144 valence electrons. The van der Waals surface area contributed by atoms with Gasteiger partial charge in [0.25, 0.3) is 0 Å². The third kappa shape index (κ3) is 4.23. The highest BCUT2D eigenvalue weighted by atomic mass is 19.4. The average Bonchev–Trinajstić information content (AvgIpc) is 3.34. The second kappa shape index (κ2) is 7.24. The Morgan fingerprint density at radius 2 is 1.68 bits per heavy atom. The number of hydrogen-bond donors (Lipinski definition) is 1. The van der Waals surface area contributed by atoms with Crippen molar-refractivity contribution in [2.75, 3.05) is 0 Å². The molecule has 0 radical (unpaired) electrons. The maximum absolute atomic E-state index is 12.2. The molecule has 2 heterocycles. The molecule has 3 aromatic rings. The molecule has 0 fully saturated rings. The minimum atomic E-state index is -4.73. The second-order valence-corrected chi connectivity index (χ2v) is 5.66. The lowest BCUT2D eigenvalue weighted by molar-refractivity contribution is -0.274. The number of nitrogens with zero attached hydrogens (tertiary/aromatic N) is 2. The van der Waals surface area contributed by atoms with Gasteiger partial charge < -0.3 is 13.9 Å². The van der Waals surface area contributed by atoms with Crippen LogP contribution in [0, 0.1) is 0 Å². The minimum absolute atomic E-state index is 0.302. The van der Waals surface area contributed by atoms with E-state index in [2.05, 4.69) is 20.4 Å².